The van der Waals surface area contributed by atoms with Gasteiger partial charge in [0.05, 0.1) is 20.1 Å². The van der Waals surface area contributed by atoms with Gasteiger partial charge in [0.15, 0.2) is 0 Å². The van der Waals surface area contributed by atoms with E-state index in [0.29, 0.717) is 25.1 Å². The van der Waals surface area contributed by atoms with Gasteiger partial charge < -0.3 is 14.8 Å². The molecule has 0 aromatic heterocycles. The molecule has 3 rings (SSSR count). The molecule has 2 aromatic rings. The van der Waals surface area contributed by atoms with Gasteiger partial charge in [0.2, 0.25) is 15.9 Å². The summed E-state index contributed by atoms with van der Waals surface area (Å²) in [7, 11) is -0.911. The third-order valence-electron chi connectivity index (χ3n) is 5.84. The molecule has 1 amide bonds. The van der Waals surface area contributed by atoms with E-state index in [4.69, 9.17) is 9.47 Å². The third-order valence-corrected chi connectivity index (χ3v) is 7.73. The maximum absolute atomic E-state index is 13.3. The van der Waals surface area contributed by atoms with Crippen LogP contribution in [0.2, 0.25) is 0 Å². The highest BCUT2D eigenvalue weighted by molar-refractivity contribution is 7.89. The van der Waals surface area contributed by atoms with Gasteiger partial charge in [-0.1, -0.05) is 30.3 Å². The zero-order valence-corrected chi connectivity index (χ0v) is 19.7. The molecule has 174 valence electrons. The topological polar surface area (TPSA) is 84.9 Å². The fourth-order valence-electron chi connectivity index (χ4n) is 3.96. The molecule has 1 saturated heterocycles. The van der Waals surface area contributed by atoms with E-state index in [1.54, 1.807) is 12.1 Å². The Morgan fingerprint density at radius 3 is 2.59 bits per heavy atom. The number of methoxy groups -OCH3 is 2. The number of rotatable bonds is 9. The van der Waals surface area contributed by atoms with Crippen molar-refractivity contribution < 1.29 is 22.7 Å². The fraction of sp³-hybridized carbons (Fsp3) is 0.458. The average molecular weight is 461 g/mol. The highest BCUT2D eigenvalue weighted by Crippen LogP contribution is 2.32. The Hall–Kier alpha value is -2.58. The molecular weight excluding hydrogens is 428 g/mol. The van der Waals surface area contributed by atoms with Gasteiger partial charge in [-0.3, -0.25) is 4.79 Å². The van der Waals surface area contributed by atoms with E-state index in [1.165, 1.54) is 30.2 Å². The number of nitrogens with one attached hydrogen (secondary N) is 1. The van der Waals surface area contributed by atoms with Crippen LogP contribution in [0.1, 0.15) is 31.7 Å². The van der Waals surface area contributed by atoms with Crippen molar-refractivity contribution in [3.8, 4) is 11.5 Å². The molecule has 0 aliphatic carbocycles. The van der Waals surface area contributed by atoms with Crippen LogP contribution in [0, 0.1) is 5.92 Å². The molecule has 2 aromatic carbocycles. The molecule has 0 radical (unpaired) electrons. The van der Waals surface area contributed by atoms with E-state index in [9.17, 15) is 13.2 Å². The lowest BCUT2D eigenvalue weighted by atomic mass is 9.98. The summed E-state index contributed by atoms with van der Waals surface area (Å²) in [5, 5.41) is 3.07. The number of aryl methyl sites for hydroxylation is 1. The minimum Gasteiger partial charge on any atom is -0.497 e. The summed E-state index contributed by atoms with van der Waals surface area (Å²) in [6.45, 7) is 2.51. The molecule has 1 aliphatic rings. The van der Waals surface area contributed by atoms with Crippen LogP contribution in [0.4, 0.5) is 0 Å². The predicted octanol–water partition coefficient (Wildman–Crippen LogP) is 3.24. The molecule has 1 fully saturated rings. The first-order valence-electron chi connectivity index (χ1n) is 10.9. The third kappa shape index (κ3) is 5.81. The predicted molar refractivity (Wildman–Crippen MR) is 123 cm³/mol. The van der Waals surface area contributed by atoms with E-state index in [-0.39, 0.29) is 35.1 Å². The van der Waals surface area contributed by atoms with Crippen molar-refractivity contribution >= 4 is 15.9 Å². The first-order chi connectivity index (χ1) is 15.3. The number of nitrogens with zero attached hydrogens (tertiary/aromatic N) is 1. The Balaban J connectivity index is 1.64. The van der Waals surface area contributed by atoms with Crippen molar-refractivity contribution in [1.29, 1.82) is 0 Å². The van der Waals surface area contributed by atoms with Crippen molar-refractivity contribution in [1.82, 2.24) is 9.62 Å². The second-order valence-electron chi connectivity index (χ2n) is 8.15. The summed E-state index contributed by atoms with van der Waals surface area (Å²) in [5.41, 5.74) is 1.23. The van der Waals surface area contributed by atoms with Crippen LogP contribution < -0.4 is 14.8 Å². The number of piperidine rings is 1. The molecule has 2 atom stereocenters. The summed E-state index contributed by atoms with van der Waals surface area (Å²) < 4.78 is 38.5. The Kier molecular flexibility index (Phi) is 8.15. The monoisotopic (exact) mass is 460 g/mol. The summed E-state index contributed by atoms with van der Waals surface area (Å²) in [4.78, 5) is 12.9. The van der Waals surface area contributed by atoms with Gasteiger partial charge in [0, 0.05) is 25.2 Å². The Morgan fingerprint density at radius 2 is 1.91 bits per heavy atom. The Bertz CT molecular complexity index is 1010. The molecule has 8 heteroatoms. The molecule has 0 spiro atoms. The van der Waals surface area contributed by atoms with Gasteiger partial charge in [-0.05, 0) is 50.3 Å². The van der Waals surface area contributed by atoms with Gasteiger partial charge in [0.25, 0.3) is 0 Å². The first kappa shape index (κ1) is 24.1. The van der Waals surface area contributed by atoms with E-state index in [1.807, 2.05) is 25.1 Å². The van der Waals surface area contributed by atoms with Crippen LogP contribution >= 0.6 is 0 Å². The van der Waals surface area contributed by atoms with Gasteiger partial charge in [-0.25, -0.2) is 8.42 Å². The number of hydrogen-bond donors (Lipinski definition) is 1. The normalized spacial score (nSPS) is 18.0. The van der Waals surface area contributed by atoms with Gasteiger partial charge in [-0.2, -0.15) is 4.31 Å². The van der Waals surface area contributed by atoms with Crippen LogP contribution in [-0.2, 0) is 21.2 Å². The maximum Gasteiger partial charge on any atom is 0.246 e. The minimum atomic E-state index is -3.83. The number of carbonyl (C=O) groups excluding carboxylic acids is 1. The molecular formula is C24H32N2O5S. The molecule has 0 unspecified atom stereocenters. The molecule has 0 saturated carbocycles. The van der Waals surface area contributed by atoms with Crippen molar-refractivity contribution in [2.75, 3.05) is 27.3 Å². The van der Waals surface area contributed by atoms with Crippen molar-refractivity contribution in [2.24, 2.45) is 5.92 Å². The highest BCUT2D eigenvalue weighted by Gasteiger charge is 2.35. The highest BCUT2D eigenvalue weighted by atomic mass is 32.2. The van der Waals surface area contributed by atoms with Gasteiger partial charge in [0.1, 0.15) is 16.4 Å². The van der Waals surface area contributed by atoms with Crippen LogP contribution in [-0.4, -0.2) is 52.0 Å². The lowest BCUT2D eigenvalue weighted by molar-refractivity contribution is -0.126. The molecule has 1 N–H and O–H groups in total. The van der Waals surface area contributed by atoms with Crippen LogP contribution in [0.25, 0.3) is 0 Å². The SMILES string of the molecule is COc1ccc(OC)c(S(=O)(=O)N2CCC[C@@H](C(=O)N[C@@H](C)CCc3ccccc3)C2)c1. The summed E-state index contributed by atoms with van der Waals surface area (Å²) in [6, 6.07) is 14.8. The Labute approximate surface area is 190 Å². The van der Waals surface area contributed by atoms with E-state index in [2.05, 4.69) is 17.4 Å². The Morgan fingerprint density at radius 1 is 1.16 bits per heavy atom. The summed E-state index contributed by atoms with van der Waals surface area (Å²) in [5.74, 6) is 0.215. The van der Waals surface area contributed by atoms with Crippen molar-refractivity contribution in [2.45, 2.75) is 43.5 Å². The van der Waals surface area contributed by atoms with Crippen molar-refractivity contribution in [3.63, 3.8) is 0 Å². The van der Waals surface area contributed by atoms with E-state index >= 15 is 0 Å². The standard InChI is InChI=1S/C24H32N2O5S/c1-18(11-12-19-8-5-4-6-9-19)25-24(27)20-10-7-15-26(17-20)32(28,29)23-16-21(30-2)13-14-22(23)31-3/h4-6,8-9,13-14,16,18,20H,7,10-12,15,17H2,1-3H3,(H,25,27)/t18-,20+/m0/s1. The number of sulfonamides is 1. The molecule has 32 heavy (non-hydrogen) atoms. The van der Waals surface area contributed by atoms with Crippen LogP contribution in [0.5, 0.6) is 11.5 Å². The van der Waals surface area contributed by atoms with Crippen LogP contribution in [0.15, 0.2) is 53.4 Å². The van der Waals surface area contributed by atoms with Crippen LogP contribution in [0.3, 0.4) is 0 Å². The maximum atomic E-state index is 13.3. The first-order valence-corrected chi connectivity index (χ1v) is 12.4. The van der Waals surface area contributed by atoms with Crippen molar-refractivity contribution in [3.05, 3.63) is 54.1 Å². The minimum absolute atomic E-state index is 0.00756. The van der Waals surface area contributed by atoms with E-state index < -0.39 is 10.0 Å². The number of amides is 1. The zero-order chi connectivity index (χ0) is 23.1. The van der Waals surface area contributed by atoms with Gasteiger partial charge in [-0.15, -0.1) is 0 Å². The lowest BCUT2D eigenvalue weighted by Gasteiger charge is -2.32. The molecule has 1 heterocycles. The zero-order valence-electron chi connectivity index (χ0n) is 18.9. The van der Waals surface area contributed by atoms with E-state index in [0.717, 1.165) is 12.8 Å². The average Bonchev–Trinajstić information content (AvgIpc) is 2.83. The number of carbonyl (C=O) groups is 1. The second kappa shape index (κ2) is 10.8. The molecule has 1 aliphatic heterocycles. The second-order valence-corrected chi connectivity index (χ2v) is 10.1. The quantitative estimate of drug-likeness (QED) is 0.621. The fourth-order valence-corrected chi connectivity index (χ4v) is 5.65. The van der Waals surface area contributed by atoms with Gasteiger partial charge >= 0.3 is 0 Å². The summed E-state index contributed by atoms with van der Waals surface area (Å²) >= 11 is 0. The number of hydrogen-bond acceptors (Lipinski definition) is 5. The largest absolute Gasteiger partial charge is 0.497 e. The number of ether oxygens (including phenoxy) is 2. The molecule has 0 bridgehead atoms. The number of benzene rings is 2. The molecule has 7 nitrogen and oxygen atoms in total. The smallest absolute Gasteiger partial charge is 0.246 e. The summed E-state index contributed by atoms with van der Waals surface area (Å²) in [6.07, 6.45) is 3.00. The lowest BCUT2D eigenvalue weighted by Crippen LogP contribution is -2.47.